The molecule has 8 heteroatoms. The van der Waals surface area contributed by atoms with Gasteiger partial charge in [-0.05, 0) is 50.2 Å². The highest BCUT2D eigenvalue weighted by Crippen LogP contribution is 2.20. The zero-order valence-corrected chi connectivity index (χ0v) is 19.9. The van der Waals surface area contributed by atoms with Gasteiger partial charge in [0, 0.05) is 56.2 Å². The Morgan fingerprint density at radius 1 is 1.00 bits per heavy atom. The zero-order valence-electron chi connectivity index (χ0n) is 19.9. The predicted octanol–water partition coefficient (Wildman–Crippen LogP) is 3.11. The third kappa shape index (κ3) is 6.60. The molecule has 1 saturated heterocycles. The lowest BCUT2D eigenvalue weighted by Crippen LogP contribution is -2.48. The van der Waals surface area contributed by atoms with Crippen molar-refractivity contribution in [3.05, 3.63) is 72.3 Å². The first-order valence-electron chi connectivity index (χ1n) is 11.6. The van der Waals surface area contributed by atoms with Crippen molar-refractivity contribution in [3.63, 3.8) is 0 Å². The quantitative estimate of drug-likeness (QED) is 0.589. The SMILES string of the molecule is C=CCN(CC(=O)Nc1ccc(N2CCN(C(=O)c3ccc(C)cc3)CC2)cc1)C(=O)NCC. The predicted molar refractivity (Wildman–Crippen MR) is 135 cm³/mol. The van der Waals surface area contributed by atoms with Gasteiger partial charge in [-0.3, -0.25) is 9.59 Å². The van der Waals surface area contributed by atoms with E-state index in [1.807, 2.05) is 67.3 Å². The number of aryl methyl sites for hydroxylation is 1. The molecule has 2 N–H and O–H groups in total. The molecular formula is C26H33N5O3. The van der Waals surface area contributed by atoms with Crippen molar-refractivity contribution in [2.24, 2.45) is 0 Å². The minimum absolute atomic E-state index is 0.0590. The lowest BCUT2D eigenvalue weighted by atomic mass is 10.1. The van der Waals surface area contributed by atoms with Crippen LogP contribution in [-0.4, -0.2) is 73.5 Å². The Morgan fingerprint density at radius 2 is 1.65 bits per heavy atom. The number of rotatable bonds is 8. The number of nitrogens with one attached hydrogen (secondary N) is 2. The maximum absolute atomic E-state index is 12.7. The fraction of sp³-hybridized carbons (Fsp3) is 0.346. The summed E-state index contributed by atoms with van der Waals surface area (Å²) in [5.41, 5.74) is 3.56. The second-order valence-electron chi connectivity index (χ2n) is 8.25. The number of anilines is 2. The Morgan fingerprint density at radius 3 is 2.24 bits per heavy atom. The van der Waals surface area contributed by atoms with Crippen LogP contribution in [0.15, 0.2) is 61.2 Å². The van der Waals surface area contributed by atoms with Crippen molar-refractivity contribution in [1.29, 1.82) is 0 Å². The van der Waals surface area contributed by atoms with E-state index in [1.165, 1.54) is 4.90 Å². The third-order valence-electron chi connectivity index (χ3n) is 5.68. The molecule has 0 aliphatic carbocycles. The maximum atomic E-state index is 12.7. The summed E-state index contributed by atoms with van der Waals surface area (Å²) in [7, 11) is 0. The molecule has 0 spiro atoms. The molecule has 1 aliphatic heterocycles. The van der Waals surface area contributed by atoms with Gasteiger partial charge in [-0.2, -0.15) is 0 Å². The molecule has 2 aromatic rings. The summed E-state index contributed by atoms with van der Waals surface area (Å²) < 4.78 is 0. The van der Waals surface area contributed by atoms with Crippen LogP contribution in [-0.2, 0) is 4.79 Å². The van der Waals surface area contributed by atoms with Gasteiger partial charge in [-0.25, -0.2) is 4.79 Å². The second kappa shape index (κ2) is 11.9. The molecule has 0 radical (unpaired) electrons. The van der Waals surface area contributed by atoms with Gasteiger partial charge >= 0.3 is 6.03 Å². The first-order chi connectivity index (χ1) is 16.4. The van der Waals surface area contributed by atoms with Crippen LogP contribution < -0.4 is 15.5 Å². The highest BCUT2D eigenvalue weighted by Gasteiger charge is 2.22. The maximum Gasteiger partial charge on any atom is 0.318 e. The number of carbonyl (C=O) groups is 3. The monoisotopic (exact) mass is 463 g/mol. The molecule has 0 atom stereocenters. The fourth-order valence-electron chi connectivity index (χ4n) is 3.81. The minimum Gasteiger partial charge on any atom is -0.368 e. The molecule has 0 aromatic heterocycles. The van der Waals surface area contributed by atoms with Crippen molar-refractivity contribution < 1.29 is 14.4 Å². The van der Waals surface area contributed by atoms with E-state index in [0.29, 0.717) is 25.3 Å². The minimum atomic E-state index is -0.298. The van der Waals surface area contributed by atoms with Crippen LogP contribution in [0.4, 0.5) is 16.2 Å². The van der Waals surface area contributed by atoms with Crippen LogP contribution in [0.2, 0.25) is 0 Å². The molecule has 0 saturated carbocycles. The van der Waals surface area contributed by atoms with E-state index in [1.54, 1.807) is 6.08 Å². The first kappa shape index (κ1) is 24.8. The van der Waals surface area contributed by atoms with Gasteiger partial charge in [-0.15, -0.1) is 6.58 Å². The highest BCUT2D eigenvalue weighted by atomic mass is 16.2. The van der Waals surface area contributed by atoms with Gasteiger partial charge in [0.15, 0.2) is 0 Å². The number of benzene rings is 2. The molecular weight excluding hydrogens is 430 g/mol. The summed E-state index contributed by atoms with van der Waals surface area (Å²) in [6.07, 6.45) is 1.59. The number of piperazine rings is 1. The van der Waals surface area contributed by atoms with Crippen LogP contribution in [0.1, 0.15) is 22.8 Å². The Labute approximate surface area is 201 Å². The third-order valence-corrected chi connectivity index (χ3v) is 5.68. The Hall–Kier alpha value is -3.81. The number of hydrogen-bond acceptors (Lipinski definition) is 4. The molecule has 180 valence electrons. The summed E-state index contributed by atoms with van der Waals surface area (Å²) in [4.78, 5) is 42.7. The second-order valence-corrected chi connectivity index (χ2v) is 8.25. The van der Waals surface area contributed by atoms with Crippen LogP contribution >= 0.6 is 0 Å². The number of nitrogens with zero attached hydrogens (tertiary/aromatic N) is 3. The molecule has 1 fully saturated rings. The summed E-state index contributed by atoms with van der Waals surface area (Å²) in [6, 6.07) is 15.0. The van der Waals surface area contributed by atoms with E-state index >= 15 is 0 Å². The Balaban J connectivity index is 1.51. The smallest absolute Gasteiger partial charge is 0.318 e. The topological polar surface area (TPSA) is 85.0 Å². The zero-order chi connectivity index (χ0) is 24.5. The summed E-state index contributed by atoms with van der Waals surface area (Å²) in [6.45, 7) is 11.0. The Bertz CT molecular complexity index is 996. The normalized spacial score (nSPS) is 13.2. The van der Waals surface area contributed by atoms with Gasteiger partial charge < -0.3 is 25.3 Å². The molecule has 0 bridgehead atoms. The molecule has 34 heavy (non-hydrogen) atoms. The van der Waals surface area contributed by atoms with Crippen LogP contribution in [0.25, 0.3) is 0 Å². The van der Waals surface area contributed by atoms with Gasteiger partial charge in [0.25, 0.3) is 5.91 Å². The largest absolute Gasteiger partial charge is 0.368 e. The Kier molecular flexibility index (Phi) is 8.67. The number of urea groups is 1. The first-order valence-corrected chi connectivity index (χ1v) is 11.6. The highest BCUT2D eigenvalue weighted by molar-refractivity contribution is 5.95. The van der Waals surface area contributed by atoms with E-state index in [2.05, 4.69) is 22.1 Å². The van der Waals surface area contributed by atoms with Gasteiger partial charge in [0.2, 0.25) is 5.91 Å². The van der Waals surface area contributed by atoms with Gasteiger partial charge in [0.1, 0.15) is 6.54 Å². The van der Waals surface area contributed by atoms with E-state index in [0.717, 1.165) is 29.9 Å². The number of hydrogen-bond donors (Lipinski definition) is 2. The number of carbonyl (C=O) groups excluding carboxylic acids is 3. The molecule has 1 aliphatic rings. The van der Waals surface area contributed by atoms with Crippen LogP contribution in [0.3, 0.4) is 0 Å². The van der Waals surface area contributed by atoms with Crippen molar-refractivity contribution in [2.75, 3.05) is 56.0 Å². The summed E-state index contributed by atoms with van der Waals surface area (Å²) in [5.74, 6) is -0.208. The number of amides is 4. The summed E-state index contributed by atoms with van der Waals surface area (Å²) >= 11 is 0. The molecule has 4 amide bonds. The average Bonchev–Trinajstić information content (AvgIpc) is 2.84. The summed E-state index contributed by atoms with van der Waals surface area (Å²) in [5, 5.41) is 5.53. The van der Waals surface area contributed by atoms with Crippen LogP contribution in [0, 0.1) is 6.92 Å². The molecule has 1 heterocycles. The van der Waals surface area contributed by atoms with E-state index in [9.17, 15) is 14.4 Å². The molecule has 3 rings (SSSR count). The van der Waals surface area contributed by atoms with E-state index in [-0.39, 0.29) is 30.9 Å². The fourth-order valence-corrected chi connectivity index (χ4v) is 3.81. The lowest BCUT2D eigenvalue weighted by Gasteiger charge is -2.36. The average molecular weight is 464 g/mol. The van der Waals surface area contributed by atoms with Crippen molar-refractivity contribution in [3.8, 4) is 0 Å². The molecule has 0 unspecified atom stereocenters. The standard InChI is InChI=1S/C26H33N5O3/c1-4-14-31(26(34)27-5-2)19-24(32)28-22-10-12-23(13-11-22)29-15-17-30(18-16-29)25(33)21-8-6-20(3)7-9-21/h4,6-13H,1,5,14-19H2,2-3H3,(H,27,34)(H,28,32). The molecule has 8 nitrogen and oxygen atoms in total. The molecule has 2 aromatic carbocycles. The van der Waals surface area contributed by atoms with Crippen molar-refractivity contribution in [1.82, 2.24) is 15.1 Å². The van der Waals surface area contributed by atoms with Crippen molar-refractivity contribution in [2.45, 2.75) is 13.8 Å². The van der Waals surface area contributed by atoms with E-state index < -0.39 is 0 Å². The van der Waals surface area contributed by atoms with Crippen molar-refractivity contribution >= 4 is 29.2 Å². The van der Waals surface area contributed by atoms with Gasteiger partial charge in [0.05, 0.1) is 0 Å². The van der Waals surface area contributed by atoms with Gasteiger partial charge in [-0.1, -0.05) is 23.8 Å². The lowest BCUT2D eigenvalue weighted by molar-refractivity contribution is -0.116. The van der Waals surface area contributed by atoms with E-state index in [4.69, 9.17) is 0 Å². The van der Waals surface area contributed by atoms with Crippen LogP contribution in [0.5, 0.6) is 0 Å².